The Balaban J connectivity index is 1.37. The molecule has 256 valence electrons. The van der Waals surface area contributed by atoms with E-state index in [1.54, 1.807) is 0 Å². The number of carbonyl (C=O) groups is 3. The zero-order chi connectivity index (χ0) is 34.4. The third-order valence-corrected chi connectivity index (χ3v) is 10.7. The first-order chi connectivity index (χ1) is 22.0. The third kappa shape index (κ3) is 6.60. The van der Waals surface area contributed by atoms with Gasteiger partial charge in [-0.3, -0.25) is 14.4 Å². The lowest BCUT2D eigenvalue weighted by Crippen LogP contribution is -2.55. The summed E-state index contributed by atoms with van der Waals surface area (Å²) in [5, 5.41) is 35.4. The Morgan fingerprint density at radius 3 is 2.23 bits per heavy atom. The van der Waals surface area contributed by atoms with Gasteiger partial charge in [0.25, 0.3) is 15.7 Å². The second-order valence-electron chi connectivity index (χ2n) is 11.9. The average Bonchev–Trinajstić information content (AvgIpc) is 3.52. The van der Waals surface area contributed by atoms with E-state index >= 15 is 0 Å². The zero-order valence-electron chi connectivity index (χ0n) is 24.7. The van der Waals surface area contributed by atoms with E-state index in [-0.39, 0.29) is 29.2 Å². The molecular formula is C30H32F4N2O10S. The van der Waals surface area contributed by atoms with Crippen LogP contribution in [0.15, 0.2) is 41.3 Å². The quantitative estimate of drug-likeness (QED) is 0.245. The van der Waals surface area contributed by atoms with Crippen molar-refractivity contribution in [1.29, 1.82) is 0 Å². The lowest BCUT2D eigenvalue weighted by atomic mass is 9.80. The molecule has 47 heavy (non-hydrogen) atoms. The van der Waals surface area contributed by atoms with Crippen LogP contribution in [0.1, 0.15) is 42.5 Å². The fraction of sp³-hybridized carbons (Fsp3) is 0.500. The number of methoxy groups -OCH3 is 1. The van der Waals surface area contributed by atoms with E-state index in [2.05, 4.69) is 10.6 Å². The van der Waals surface area contributed by atoms with Crippen LogP contribution in [0, 0.1) is 29.5 Å². The minimum Gasteiger partial charge on any atom is -0.496 e. The van der Waals surface area contributed by atoms with Crippen molar-refractivity contribution in [2.24, 2.45) is 23.7 Å². The Hall–Kier alpha value is -3.96. The van der Waals surface area contributed by atoms with Crippen LogP contribution in [-0.4, -0.2) is 78.5 Å². The molecule has 0 saturated heterocycles. The number of anilines is 1. The predicted molar refractivity (Wildman–Crippen MR) is 154 cm³/mol. The number of carboxylic acid groups (broad SMARTS) is 1. The number of fused-ring (bicyclic) bond motifs is 2. The Kier molecular flexibility index (Phi) is 9.45. The van der Waals surface area contributed by atoms with Crippen LogP contribution in [0.2, 0.25) is 0 Å². The Labute approximate surface area is 266 Å². The number of halogens is 4. The summed E-state index contributed by atoms with van der Waals surface area (Å²) in [6, 6.07) is 4.44. The molecule has 0 aliphatic heterocycles. The van der Waals surface area contributed by atoms with Gasteiger partial charge in [0.15, 0.2) is 11.6 Å². The first-order valence-electron chi connectivity index (χ1n) is 14.7. The number of carboxylic acids is 1. The van der Waals surface area contributed by atoms with Crippen molar-refractivity contribution in [1.82, 2.24) is 5.32 Å². The van der Waals surface area contributed by atoms with Gasteiger partial charge in [0.1, 0.15) is 5.75 Å². The molecule has 17 heteroatoms. The zero-order valence-corrected chi connectivity index (χ0v) is 25.6. The predicted octanol–water partition coefficient (Wildman–Crippen LogP) is 2.87. The van der Waals surface area contributed by atoms with E-state index < -0.39 is 91.9 Å². The second-order valence-corrected chi connectivity index (χ2v) is 13.9. The molecule has 3 aliphatic rings. The van der Waals surface area contributed by atoms with Gasteiger partial charge >= 0.3 is 11.5 Å². The Morgan fingerprint density at radius 1 is 0.957 bits per heavy atom. The molecule has 0 heterocycles. The first-order valence-corrected chi connectivity index (χ1v) is 16.2. The summed E-state index contributed by atoms with van der Waals surface area (Å²) in [5.74, 6) is -7.40. The summed E-state index contributed by atoms with van der Waals surface area (Å²) in [6.07, 6.45) is -1.76. The molecule has 0 spiro atoms. The van der Waals surface area contributed by atoms with Gasteiger partial charge < -0.3 is 35.4 Å². The number of benzene rings is 2. The number of nitrogens with one attached hydrogen (secondary N) is 2. The fourth-order valence-corrected chi connectivity index (χ4v) is 7.62. The molecule has 2 aromatic rings. The molecule has 6 unspecified atom stereocenters. The minimum absolute atomic E-state index is 0.0990. The number of aliphatic carboxylic acids is 1. The van der Waals surface area contributed by atoms with Crippen molar-refractivity contribution < 1.29 is 65.2 Å². The van der Waals surface area contributed by atoms with E-state index in [1.165, 1.54) is 13.2 Å². The molecule has 12 nitrogen and oxygen atoms in total. The van der Waals surface area contributed by atoms with Gasteiger partial charge in [-0.2, -0.15) is 13.2 Å². The smallest absolute Gasteiger partial charge is 0.496 e. The first kappa shape index (κ1) is 34.4. The van der Waals surface area contributed by atoms with E-state index in [9.17, 15) is 55.7 Å². The maximum absolute atomic E-state index is 15.0. The highest BCUT2D eigenvalue weighted by atomic mass is 32.2. The van der Waals surface area contributed by atoms with Crippen LogP contribution in [0.5, 0.6) is 11.5 Å². The van der Waals surface area contributed by atoms with Gasteiger partial charge in [0.2, 0.25) is 5.91 Å². The molecule has 0 radical (unpaired) electrons. The van der Waals surface area contributed by atoms with Crippen LogP contribution >= 0.6 is 0 Å². The number of carbonyl (C=O) groups excluding carboxylic acids is 2. The van der Waals surface area contributed by atoms with E-state index in [0.29, 0.717) is 37.8 Å². The third-order valence-electron chi connectivity index (χ3n) is 9.21. The summed E-state index contributed by atoms with van der Waals surface area (Å²) < 4.78 is 89.0. The van der Waals surface area contributed by atoms with Crippen LogP contribution in [0.25, 0.3) is 0 Å². The minimum atomic E-state index is -5.72. The molecule has 0 aromatic heterocycles. The van der Waals surface area contributed by atoms with Crippen molar-refractivity contribution in [3.05, 3.63) is 47.8 Å². The SMILES string of the molecule is COc1cc(F)c(OC2CCC(C(=O)O)CC2)cc1C(=O)NC1C2CC(C(O)C2O)C1C(=O)Nc1cccc(S(=O)(=O)C(F)(F)F)c1. The van der Waals surface area contributed by atoms with Crippen molar-refractivity contribution in [2.75, 3.05) is 12.4 Å². The van der Waals surface area contributed by atoms with Crippen molar-refractivity contribution >= 4 is 33.3 Å². The monoisotopic (exact) mass is 688 g/mol. The van der Waals surface area contributed by atoms with Gasteiger partial charge in [-0.15, -0.1) is 0 Å². The van der Waals surface area contributed by atoms with Crippen molar-refractivity contribution in [3.63, 3.8) is 0 Å². The molecule has 3 aliphatic carbocycles. The molecule has 2 bridgehead atoms. The fourth-order valence-electron chi connectivity index (χ4n) is 6.81. The number of amides is 2. The number of alkyl halides is 3. The molecule has 5 N–H and O–H groups in total. The standard InChI is InChI=1S/C30H32F4N2O10S/c1-45-21-12-20(31)22(46-15-7-5-13(6-8-15)29(41)42)11-17(21)27(39)36-24-19-10-18(25(37)26(19)38)23(24)28(40)35-14-3-2-4-16(9-14)47(43,44)30(32,33)34/h2-4,9,11-13,15,18-19,23-26,37-38H,5-8,10H2,1H3,(H,35,40)(H,36,39)(H,41,42). The summed E-state index contributed by atoms with van der Waals surface area (Å²) in [7, 11) is -4.52. The van der Waals surface area contributed by atoms with Crippen molar-refractivity contribution in [3.8, 4) is 11.5 Å². The number of sulfone groups is 1. The lowest BCUT2D eigenvalue weighted by Gasteiger charge is -2.36. The summed E-state index contributed by atoms with van der Waals surface area (Å²) in [6.45, 7) is 0. The second kappa shape index (κ2) is 12.9. The number of aliphatic hydroxyl groups is 2. The number of hydrogen-bond acceptors (Lipinski definition) is 9. The molecule has 2 amide bonds. The average molecular weight is 689 g/mol. The number of ether oxygens (including phenoxy) is 2. The summed E-state index contributed by atoms with van der Waals surface area (Å²) >= 11 is 0. The molecular weight excluding hydrogens is 656 g/mol. The number of rotatable bonds is 9. The normalized spacial score (nSPS) is 28.8. The van der Waals surface area contributed by atoms with Gasteiger partial charge in [0.05, 0.1) is 47.7 Å². The number of hydrogen-bond donors (Lipinski definition) is 5. The molecule has 6 atom stereocenters. The van der Waals surface area contributed by atoms with Gasteiger partial charge in [0, 0.05) is 29.6 Å². The van der Waals surface area contributed by atoms with Crippen LogP contribution in [-0.2, 0) is 19.4 Å². The van der Waals surface area contributed by atoms with Crippen LogP contribution < -0.4 is 20.1 Å². The van der Waals surface area contributed by atoms with E-state index in [1.807, 2.05) is 0 Å². The Morgan fingerprint density at radius 2 is 1.62 bits per heavy atom. The highest BCUT2D eigenvalue weighted by molar-refractivity contribution is 7.92. The maximum Gasteiger partial charge on any atom is 0.501 e. The summed E-state index contributed by atoms with van der Waals surface area (Å²) in [5.41, 5.74) is -6.06. The molecule has 3 fully saturated rings. The molecule has 3 saturated carbocycles. The Bertz CT molecular complexity index is 1660. The van der Waals surface area contributed by atoms with Crippen LogP contribution in [0.3, 0.4) is 0 Å². The topological polar surface area (TPSA) is 189 Å². The van der Waals surface area contributed by atoms with Gasteiger partial charge in [-0.05, 0) is 56.4 Å². The molecule has 5 rings (SSSR count). The molecule has 2 aromatic carbocycles. The van der Waals surface area contributed by atoms with Gasteiger partial charge in [-0.25, -0.2) is 12.8 Å². The van der Waals surface area contributed by atoms with Crippen molar-refractivity contribution in [2.45, 2.75) is 66.9 Å². The largest absolute Gasteiger partial charge is 0.501 e. The number of aliphatic hydroxyl groups excluding tert-OH is 2. The van der Waals surface area contributed by atoms with Gasteiger partial charge in [-0.1, -0.05) is 6.07 Å². The van der Waals surface area contributed by atoms with Crippen LogP contribution in [0.4, 0.5) is 23.2 Å². The lowest BCUT2D eigenvalue weighted by molar-refractivity contribution is -0.143. The highest BCUT2D eigenvalue weighted by Gasteiger charge is 2.60. The van der Waals surface area contributed by atoms with E-state index in [0.717, 1.165) is 18.2 Å². The maximum atomic E-state index is 15.0. The summed E-state index contributed by atoms with van der Waals surface area (Å²) in [4.78, 5) is 37.3. The van der Waals surface area contributed by atoms with E-state index in [4.69, 9.17) is 9.47 Å². The highest BCUT2D eigenvalue weighted by Crippen LogP contribution is 2.49.